The highest BCUT2D eigenvalue weighted by Crippen LogP contribution is 2.35. The van der Waals surface area contributed by atoms with Crippen LogP contribution in [0.25, 0.3) is 11.1 Å². The molecule has 1 amide bonds. The van der Waals surface area contributed by atoms with Gasteiger partial charge >= 0.3 is 0 Å². The van der Waals surface area contributed by atoms with E-state index in [1.165, 1.54) is 25.6 Å². The molecule has 1 saturated heterocycles. The molecule has 2 aromatic rings. The minimum absolute atomic E-state index is 0.135. The third-order valence-corrected chi connectivity index (χ3v) is 5.51. The summed E-state index contributed by atoms with van der Waals surface area (Å²) in [4.78, 5) is 27.8. The molecule has 5 heteroatoms. The topological polar surface area (TPSA) is 59.0 Å². The monoisotopic (exact) mass is 336 g/mol. The minimum atomic E-state index is 0.135. The van der Waals surface area contributed by atoms with E-state index in [0.29, 0.717) is 5.91 Å². The van der Waals surface area contributed by atoms with E-state index in [1.807, 2.05) is 6.20 Å². The van der Waals surface area contributed by atoms with Gasteiger partial charge in [0.05, 0.1) is 11.7 Å². The predicted molar refractivity (Wildman–Crippen MR) is 95.5 cm³/mol. The fourth-order valence-corrected chi connectivity index (χ4v) is 4.14. The lowest BCUT2D eigenvalue weighted by atomic mass is 9.88. The molecule has 4 rings (SSSR count). The number of hydrogen-bond acceptors (Lipinski definition) is 4. The highest BCUT2D eigenvalue weighted by Gasteiger charge is 2.34. The van der Waals surface area contributed by atoms with E-state index in [1.54, 1.807) is 12.4 Å². The summed E-state index contributed by atoms with van der Waals surface area (Å²) in [7, 11) is 0. The largest absolute Gasteiger partial charge is 0.334 e. The Hall–Kier alpha value is -2.30. The fourth-order valence-electron chi connectivity index (χ4n) is 4.14. The van der Waals surface area contributed by atoms with Crippen LogP contribution >= 0.6 is 0 Å². The normalized spacial score (nSPS) is 21.4. The standard InChI is InChI=1S/C20H24N4O/c25-20(15-5-2-1-3-6-15)24-10-4-7-19(24)18-9-8-16(13-23-18)17-11-21-14-22-12-17/h8-9,11-15,19H,1-7,10H2. The van der Waals surface area contributed by atoms with Crippen LogP contribution in [0.15, 0.2) is 37.1 Å². The van der Waals surface area contributed by atoms with Gasteiger partial charge in [-0.1, -0.05) is 25.3 Å². The molecule has 5 nitrogen and oxygen atoms in total. The number of carbonyl (C=O) groups excluding carboxylic acids is 1. The molecule has 0 aromatic carbocycles. The van der Waals surface area contributed by atoms with Crippen LogP contribution in [0.4, 0.5) is 0 Å². The number of rotatable bonds is 3. The fraction of sp³-hybridized carbons (Fsp3) is 0.500. The first-order valence-corrected chi connectivity index (χ1v) is 9.35. The molecular weight excluding hydrogens is 312 g/mol. The lowest BCUT2D eigenvalue weighted by Crippen LogP contribution is -2.36. The molecule has 0 spiro atoms. The molecule has 2 aromatic heterocycles. The molecule has 1 atom stereocenters. The molecule has 1 unspecified atom stereocenters. The molecule has 2 fully saturated rings. The molecule has 1 aliphatic heterocycles. The number of pyridine rings is 1. The van der Waals surface area contributed by atoms with Gasteiger partial charge in [0.1, 0.15) is 6.33 Å². The average molecular weight is 336 g/mol. The Morgan fingerprint density at radius 2 is 1.72 bits per heavy atom. The molecule has 3 heterocycles. The van der Waals surface area contributed by atoms with Gasteiger partial charge in [0.2, 0.25) is 5.91 Å². The highest BCUT2D eigenvalue weighted by molar-refractivity contribution is 5.79. The molecule has 0 radical (unpaired) electrons. The van der Waals surface area contributed by atoms with E-state index in [9.17, 15) is 4.79 Å². The van der Waals surface area contributed by atoms with E-state index in [2.05, 4.69) is 32.0 Å². The van der Waals surface area contributed by atoms with Gasteiger partial charge in [-0.15, -0.1) is 0 Å². The molecule has 25 heavy (non-hydrogen) atoms. The van der Waals surface area contributed by atoms with Gasteiger partial charge in [-0.25, -0.2) is 9.97 Å². The van der Waals surface area contributed by atoms with Crippen LogP contribution < -0.4 is 0 Å². The van der Waals surface area contributed by atoms with Crippen LogP contribution in [-0.4, -0.2) is 32.3 Å². The average Bonchev–Trinajstić information content (AvgIpc) is 3.19. The second-order valence-corrected chi connectivity index (χ2v) is 7.12. The second-order valence-electron chi connectivity index (χ2n) is 7.12. The first-order chi connectivity index (χ1) is 12.3. The summed E-state index contributed by atoms with van der Waals surface area (Å²) in [6, 6.07) is 4.25. The number of nitrogens with zero attached hydrogens (tertiary/aromatic N) is 4. The number of hydrogen-bond donors (Lipinski definition) is 0. The van der Waals surface area contributed by atoms with Crippen molar-refractivity contribution < 1.29 is 4.79 Å². The Morgan fingerprint density at radius 3 is 2.44 bits per heavy atom. The van der Waals surface area contributed by atoms with Crippen LogP contribution in [0.5, 0.6) is 0 Å². The number of carbonyl (C=O) groups is 1. The van der Waals surface area contributed by atoms with Crippen LogP contribution in [0, 0.1) is 5.92 Å². The highest BCUT2D eigenvalue weighted by atomic mass is 16.2. The lowest BCUT2D eigenvalue weighted by Gasteiger charge is -2.30. The second kappa shape index (κ2) is 7.30. The molecular formula is C20H24N4O. The third-order valence-electron chi connectivity index (χ3n) is 5.51. The zero-order valence-electron chi connectivity index (χ0n) is 14.5. The van der Waals surface area contributed by atoms with Gasteiger partial charge < -0.3 is 4.90 Å². The lowest BCUT2D eigenvalue weighted by molar-refractivity contribution is -0.137. The Labute approximate surface area is 148 Å². The van der Waals surface area contributed by atoms with Gasteiger partial charge in [0.15, 0.2) is 0 Å². The van der Waals surface area contributed by atoms with E-state index in [4.69, 9.17) is 0 Å². The number of likely N-dealkylation sites (tertiary alicyclic amines) is 1. The molecule has 0 bridgehead atoms. The van der Waals surface area contributed by atoms with Crippen molar-refractivity contribution in [3.63, 3.8) is 0 Å². The van der Waals surface area contributed by atoms with Gasteiger partial charge in [-0.2, -0.15) is 0 Å². The summed E-state index contributed by atoms with van der Waals surface area (Å²) in [6.45, 7) is 0.871. The Bertz CT molecular complexity index is 710. The zero-order valence-corrected chi connectivity index (χ0v) is 14.5. The number of aromatic nitrogens is 3. The van der Waals surface area contributed by atoms with Crippen molar-refractivity contribution >= 4 is 5.91 Å². The molecule has 1 saturated carbocycles. The third kappa shape index (κ3) is 3.41. The molecule has 2 aliphatic rings. The summed E-state index contributed by atoms with van der Waals surface area (Å²) >= 11 is 0. The van der Waals surface area contributed by atoms with Gasteiger partial charge in [-0.05, 0) is 31.7 Å². The molecule has 1 aliphatic carbocycles. The predicted octanol–water partition coefficient (Wildman–Crippen LogP) is 3.78. The maximum Gasteiger partial charge on any atom is 0.226 e. The first kappa shape index (κ1) is 16.2. The van der Waals surface area contributed by atoms with Gasteiger partial charge in [0, 0.05) is 42.2 Å². The Balaban J connectivity index is 1.51. The summed E-state index contributed by atoms with van der Waals surface area (Å²) < 4.78 is 0. The Kier molecular flexibility index (Phi) is 4.72. The van der Waals surface area contributed by atoms with E-state index in [-0.39, 0.29) is 12.0 Å². The van der Waals surface area contributed by atoms with Gasteiger partial charge in [-0.3, -0.25) is 9.78 Å². The summed E-state index contributed by atoms with van der Waals surface area (Å²) in [5.41, 5.74) is 2.97. The van der Waals surface area contributed by atoms with Gasteiger partial charge in [0.25, 0.3) is 0 Å². The van der Waals surface area contributed by atoms with Crippen LogP contribution in [-0.2, 0) is 4.79 Å². The van der Waals surface area contributed by atoms with Crippen molar-refractivity contribution in [1.29, 1.82) is 0 Å². The van der Waals surface area contributed by atoms with Crippen molar-refractivity contribution in [2.45, 2.75) is 51.0 Å². The number of amides is 1. The summed E-state index contributed by atoms with van der Waals surface area (Å²) in [6.07, 6.45) is 14.8. The van der Waals surface area contributed by atoms with Crippen molar-refractivity contribution in [3.8, 4) is 11.1 Å². The van der Waals surface area contributed by atoms with Crippen molar-refractivity contribution in [3.05, 3.63) is 42.7 Å². The van der Waals surface area contributed by atoms with E-state index < -0.39 is 0 Å². The molecule has 130 valence electrons. The van der Waals surface area contributed by atoms with Crippen molar-refractivity contribution in [2.75, 3.05) is 6.54 Å². The van der Waals surface area contributed by atoms with E-state index in [0.717, 1.165) is 49.0 Å². The Morgan fingerprint density at radius 1 is 0.920 bits per heavy atom. The smallest absolute Gasteiger partial charge is 0.226 e. The zero-order chi connectivity index (χ0) is 17.1. The first-order valence-electron chi connectivity index (χ1n) is 9.35. The maximum absolute atomic E-state index is 13.0. The quantitative estimate of drug-likeness (QED) is 0.856. The molecule has 0 N–H and O–H groups in total. The minimum Gasteiger partial charge on any atom is -0.334 e. The van der Waals surface area contributed by atoms with E-state index >= 15 is 0 Å². The SMILES string of the molecule is O=C(C1CCCCC1)N1CCCC1c1ccc(-c2cncnc2)cn1. The van der Waals surface area contributed by atoms with Crippen LogP contribution in [0.3, 0.4) is 0 Å². The maximum atomic E-state index is 13.0. The summed E-state index contributed by atoms with van der Waals surface area (Å²) in [5.74, 6) is 0.583. The summed E-state index contributed by atoms with van der Waals surface area (Å²) in [5, 5.41) is 0. The van der Waals surface area contributed by atoms with Crippen molar-refractivity contribution in [1.82, 2.24) is 19.9 Å². The van der Waals surface area contributed by atoms with Crippen LogP contribution in [0.1, 0.15) is 56.7 Å². The van der Waals surface area contributed by atoms with Crippen LogP contribution in [0.2, 0.25) is 0 Å². The van der Waals surface area contributed by atoms with Crippen molar-refractivity contribution in [2.24, 2.45) is 5.92 Å².